The summed E-state index contributed by atoms with van der Waals surface area (Å²) in [5, 5.41) is 1.08. The highest BCUT2D eigenvalue weighted by molar-refractivity contribution is 6.31. The summed E-state index contributed by atoms with van der Waals surface area (Å²) >= 11 is 11.9. The Morgan fingerprint density at radius 3 is 2.75 bits per heavy atom. The minimum atomic E-state index is -0.116. The molecule has 3 rings (SSSR count). The normalized spacial score (nSPS) is 17.6. The number of carbonyl (C=O) groups is 1. The van der Waals surface area contributed by atoms with Gasteiger partial charge in [0.2, 0.25) is 5.91 Å². The van der Waals surface area contributed by atoms with Crippen molar-refractivity contribution in [1.82, 2.24) is 14.9 Å². The lowest BCUT2D eigenvalue weighted by atomic mass is 10.1. The van der Waals surface area contributed by atoms with Gasteiger partial charge in [-0.2, -0.15) is 0 Å². The van der Waals surface area contributed by atoms with Gasteiger partial charge in [-0.15, -0.1) is 0 Å². The number of amides is 1. The van der Waals surface area contributed by atoms with E-state index < -0.39 is 0 Å². The zero-order chi connectivity index (χ0) is 16.9. The van der Waals surface area contributed by atoms with E-state index in [2.05, 4.69) is 9.97 Å². The molecule has 0 spiro atoms. The fourth-order valence-corrected chi connectivity index (χ4v) is 2.99. The maximum atomic E-state index is 12.5. The monoisotopic (exact) mass is 365 g/mol. The summed E-state index contributed by atoms with van der Waals surface area (Å²) in [6.07, 6.45) is 4.91. The highest BCUT2D eigenvalue weighted by Crippen LogP contribution is 2.20. The van der Waals surface area contributed by atoms with Gasteiger partial charge in [0.05, 0.1) is 30.4 Å². The second-order valence-electron chi connectivity index (χ2n) is 5.67. The molecule has 1 aromatic carbocycles. The summed E-state index contributed by atoms with van der Waals surface area (Å²) in [5.41, 5.74) is 0.841. The molecule has 126 valence electrons. The molecule has 0 bridgehead atoms. The van der Waals surface area contributed by atoms with Gasteiger partial charge in [-0.1, -0.05) is 41.4 Å². The number of ether oxygens (including phenoxy) is 1. The molecule has 2 heterocycles. The topological polar surface area (TPSA) is 55.3 Å². The molecule has 5 nitrogen and oxygen atoms in total. The van der Waals surface area contributed by atoms with Crippen LogP contribution in [0.3, 0.4) is 0 Å². The molecule has 0 saturated carbocycles. The van der Waals surface area contributed by atoms with Gasteiger partial charge in [0, 0.05) is 11.6 Å². The van der Waals surface area contributed by atoms with Gasteiger partial charge in [0.25, 0.3) is 0 Å². The average Bonchev–Trinajstić information content (AvgIpc) is 2.59. The van der Waals surface area contributed by atoms with Crippen LogP contribution in [0.5, 0.6) is 6.01 Å². The zero-order valence-corrected chi connectivity index (χ0v) is 14.5. The van der Waals surface area contributed by atoms with E-state index in [4.69, 9.17) is 27.9 Å². The number of piperidine rings is 1. The number of rotatable bonds is 4. The lowest BCUT2D eigenvalue weighted by Gasteiger charge is -2.32. The van der Waals surface area contributed by atoms with Gasteiger partial charge in [-0.3, -0.25) is 4.79 Å². The van der Waals surface area contributed by atoms with Crippen LogP contribution in [0.4, 0.5) is 0 Å². The smallest absolute Gasteiger partial charge is 0.316 e. The van der Waals surface area contributed by atoms with Gasteiger partial charge < -0.3 is 9.64 Å². The van der Waals surface area contributed by atoms with Crippen LogP contribution in [0.1, 0.15) is 18.4 Å². The molecule has 24 heavy (non-hydrogen) atoms. The van der Waals surface area contributed by atoms with Crippen molar-refractivity contribution >= 4 is 29.1 Å². The van der Waals surface area contributed by atoms with Crippen molar-refractivity contribution in [3.8, 4) is 6.01 Å². The molecule has 1 amide bonds. The average molecular weight is 366 g/mol. The van der Waals surface area contributed by atoms with Crippen LogP contribution in [0.25, 0.3) is 0 Å². The molecule has 0 N–H and O–H groups in total. The van der Waals surface area contributed by atoms with Gasteiger partial charge in [-0.25, -0.2) is 9.97 Å². The zero-order valence-electron chi connectivity index (χ0n) is 13.0. The maximum Gasteiger partial charge on any atom is 0.316 e. The van der Waals surface area contributed by atoms with Crippen molar-refractivity contribution < 1.29 is 9.53 Å². The first kappa shape index (κ1) is 17.0. The van der Waals surface area contributed by atoms with Gasteiger partial charge >= 0.3 is 6.01 Å². The lowest BCUT2D eigenvalue weighted by molar-refractivity contribution is -0.133. The van der Waals surface area contributed by atoms with Gasteiger partial charge in [0.15, 0.2) is 0 Å². The van der Waals surface area contributed by atoms with Crippen molar-refractivity contribution in [3.05, 3.63) is 52.3 Å². The number of benzene rings is 1. The Hall–Kier alpha value is -1.85. The summed E-state index contributed by atoms with van der Waals surface area (Å²) in [7, 11) is 0. The molecule has 1 aromatic heterocycles. The predicted octanol–water partition coefficient (Wildman–Crippen LogP) is 3.40. The molecule has 1 unspecified atom stereocenters. The van der Waals surface area contributed by atoms with Crippen molar-refractivity contribution in [3.63, 3.8) is 0 Å². The largest absolute Gasteiger partial charge is 0.458 e. The second-order valence-corrected chi connectivity index (χ2v) is 6.52. The first-order valence-corrected chi connectivity index (χ1v) is 8.53. The standard InChI is InChI=1S/C17H17Cl2N3O2/c18-13-9-20-17(21-10-13)24-14-5-3-7-22(11-14)16(23)8-12-4-1-2-6-15(12)19/h1-2,4,6,9-10,14H,3,5,7-8,11H2. The van der Waals surface area contributed by atoms with Crippen molar-refractivity contribution in [1.29, 1.82) is 0 Å². The van der Waals surface area contributed by atoms with E-state index in [1.165, 1.54) is 12.4 Å². The number of aromatic nitrogens is 2. The van der Waals surface area contributed by atoms with E-state index in [9.17, 15) is 4.79 Å². The molecule has 1 aliphatic heterocycles. The van der Waals surface area contributed by atoms with E-state index in [1.54, 1.807) is 6.07 Å². The van der Waals surface area contributed by atoms with E-state index in [0.717, 1.165) is 24.9 Å². The number of likely N-dealkylation sites (tertiary alicyclic amines) is 1. The Morgan fingerprint density at radius 1 is 1.25 bits per heavy atom. The Kier molecular flexibility index (Phi) is 5.53. The summed E-state index contributed by atoms with van der Waals surface area (Å²) in [5.74, 6) is 0.0495. The quantitative estimate of drug-likeness (QED) is 0.832. The van der Waals surface area contributed by atoms with Crippen LogP contribution in [-0.4, -0.2) is 40.0 Å². The van der Waals surface area contributed by atoms with Crippen LogP contribution in [0, 0.1) is 0 Å². The Labute approximate surface area is 150 Å². The van der Waals surface area contributed by atoms with E-state index in [1.807, 2.05) is 23.1 Å². The highest BCUT2D eigenvalue weighted by atomic mass is 35.5. The third kappa shape index (κ3) is 4.36. The third-order valence-electron chi connectivity index (χ3n) is 3.90. The van der Waals surface area contributed by atoms with Gasteiger partial charge in [0.1, 0.15) is 6.10 Å². The van der Waals surface area contributed by atoms with E-state index in [0.29, 0.717) is 23.0 Å². The molecular formula is C17H17Cl2N3O2. The fraction of sp³-hybridized carbons (Fsp3) is 0.353. The molecule has 1 fully saturated rings. The number of carbonyl (C=O) groups excluding carboxylic acids is 1. The molecule has 1 aliphatic rings. The second kappa shape index (κ2) is 7.81. The Morgan fingerprint density at radius 2 is 2.00 bits per heavy atom. The summed E-state index contributed by atoms with van der Waals surface area (Å²) in [6, 6.07) is 7.69. The minimum Gasteiger partial charge on any atom is -0.458 e. The van der Waals surface area contributed by atoms with Crippen LogP contribution in [-0.2, 0) is 11.2 Å². The minimum absolute atomic E-state index is 0.0495. The molecule has 1 atom stereocenters. The summed E-state index contributed by atoms with van der Waals surface area (Å²) in [4.78, 5) is 22.4. The van der Waals surface area contributed by atoms with Crippen molar-refractivity contribution in [2.24, 2.45) is 0 Å². The predicted molar refractivity (Wildman–Crippen MR) is 92.4 cm³/mol. The summed E-state index contributed by atoms with van der Waals surface area (Å²) in [6.45, 7) is 1.25. The number of hydrogen-bond acceptors (Lipinski definition) is 4. The molecule has 0 aliphatic carbocycles. The van der Waals surface area contributed by atoms with E-state index in [-0.39, 0.29) is 18.0 Å². The lowest BCUT2D eigenvalue weighted by Crippen LogP contribution is -2.45. The SMILES string of the molecule is O=C(Cc1ccccc1Cl)N1CCCC(Oc2ncc(Cl)cn2)C1. The molecule has 0 radical (unpaired) electrons. The van der Waals surface area contributed by atoms with Crippen LogP contribution >= 0.6 is 23.2 Å². The van der Waals surface area contributed by atoms with Crippen LogP contribution < -0.4 is 4.74 Å². The molecule has 7 heteroatoms. The number of hydrogen-bond donors (Lipinski definition) is 0. The molecule has 1 saturated heterocycles. The fourth-order valence-electron chi connectivity index (χ4n) is 2.69. The third-order valence-corrected chi connectivity index (χ3v) is 4.46. The number of nitrogens with zero attached hydrogens (tertiary/aromatic N) is 3. The maximum absolute atomic E-state index is 12.5. The van der Waals surface area contributed by atoms with E-state index >= 15 is 0 Å². The first-order valence-electron chi connectivity index (χ1n) is 7.77. The number of halogens is 2. The highest BCUT2D eigenvalue weighted by Gasteiger charge is 2.25. The van der Waals surface area contributed by atoms with Crippen LogP contribution in [0.15, 0.2) is 36.7 Å². The summed E-state index contributed by atoms with van der Waals surface area (Å²) < 4.78 is 5.76. The molecular weight excluding hydrogens is 349 g/mol. The van der Waals surface area contributed by atoms with Crippen LogP contribution in [0.2, 0.25) is 10.0 Å². The molecule has 2 aromatic rings. The Balaban J connectivity index is 1.59. The van der Waals surface area contributed by atoms with Crippen molar-refractivity contribution in [2.75, 3.05) is 13.1 Å². The first-order chi connectivity index (χ1) is 11.6. The Bertz CT molecular complexity index is 709. The van der Waals surface area contributed by atoms with Crippen molar-refractivity contribution in [2.45, 2.75) is 25.4 Å². The van der Waals surface area contributed by atoms with Gasteiger partial charge in [-0.05, 0) is 24.5 Å².